The fourth-order valence-electron chi connectivity index (χ4n) is 2.08. The zero-order valence-electron chi connectivity index (χ0n) is 12.4. The third-order valence-corrected chi connectivity index (χ3v) is 4.46. The number of rotatable bonds is 3. The number of halogens is 1. The van der Waals surface area contributed by atoms with Crippen molar-refractivity contribution in [1.82, 2.24) is 0 Å². The summed E-state index contributed by atoms with van der Waals surface area (Å²) in [6.07, 6.45) is 0. The summed E-state index contributed by atoms with van der Waals surface area (Å²) >= 11 is 6.10. The molecule has 2 N–H and O–H groups in total. The van der Waals surface area contributed by atoms with E-state index in [2.05, 4.69) is 0 Å². The Balaban J connectivity index is 2.31. The lowest BCUT2D eigenvalue weighted by molar-refractivity contribution is -0.384. The molecule has 8 heteroatoms. The number of nitro benzene ring substituents is 1. The second-order valence-corrected chi connectivity index (χ2v) is 6.52. The highest BCUT2D eigenvalue weighted by atomic mass is 35.5. The Kier molecular flexibility index (Phi) is 4.05. The lowest BCUT2D eigenvalue weighted by Gasteiger charge is -2.32. The molecule has 0 unspecified atom stereocenters. The Labute approximate surface area is 128 Å². The van der Waals surface area contributed by atoms with Gasteiger partial charge in [0.05, 0.1) is 22.1 Å². The number of hydrogen-bond acceptors (Lipinski definition) is 5. The summed E-state index contributed by atoms with van der Waals surface area (Å²) in [5, 5.41) is 11.2. The summed E-state index contributed by atoms with van der Waals surface area (Å²) < 4.78 is 11.7. The molecule has 0 saturated carbocycles. The summed E-state index contributed by atoms with van der Waals surface area (Å²) in [4.78, 5) is 10.4. The highest BCUT2D eigenvalue weighted by Crippen LogP contribution is 2.40. The van der Waals surface area contributed by atoms with Gasteiger partial charge in [0.2, 0.25) is 0 Å². The highest BCUT2D eigenvalue weighted by molar-refractivity contribution is 6.48. The van der Waals surface area contributed by atoms with E-state index in [1.165, 1.54) is 18.2 Å². The molecule has 0 aliphatic carbocycles. The number of benzene rings is 1. The van der Waals surface area contributed by atoms with Crippen LogP contribution in [-0.4, -0.2) is 23.2 Å². The van der Waals surface area contributed by atoms with E-state index in [0.717, 1.165) is 0 Å². The molecule has 1 aromatic carbocycles. The average Bonchev–Trinajstić information content (AvgIpc) is 2.58. The normalized spacial score (nSPS) is 21.3. The average molecular weight is 313 g/mol. The van der Waals surface area contributed by atoms with Crippen LogP contribution in [0.25, 0.3) is 0 Å². The van der Waals surface area contributed by atoms with Crippen LogP contribution in [-0.2, 0) is 9.31 Å². The smallest absolute Gasteiger partial charge is 0.402 e. The van der Waals surface area contributed by atoms with Gasteiger partial charge in [-0.15, -0.1) is 0 Å². The van der Waals surface area contributed by atoms with Crippen LogP contribution in [0, 0.1) is 10.1 Å². The Morgan fingerprint density at radius 3 is 2.29 bits per heavy atom. The van der Waals surface area contributed by atoms with Gasteiger partial charge in [-0.1, -0.05) is 11.6 Å². The lowest BCUT2D eigenvalue weighted by atomic mass is 9.75. The first-order valence-corrected chi connectivity index (χ1v) is 6.98. The van der Waals surface area contributed by atoms with E-state index in [-0.39, 0.29) is 5.69 Å². The van der Waals surface area contributed by atoms with Crippen LogP contribution >= 0.6 is 11.6 Å². The summed E-state index contributed by atoms with van der Waals surface area (Å²) in [6.45, 7) is 7.65. The van der Waals surface area contributed by atoms with Crippen molar-refractivity contribution in [2.45, 2.75) is 44.8 Å². The minimum absolute atomic E-state index is 0.0682. The van der Waals surface area contributed by atoms with Crippen LogP contribution in [0.1, 0.15) is 39.2 Å². The van der Waals surface area contributed by atoms with Crippen molar-refractivity contribution in [3.63, 3.8) is 0 Å². The Morgan fingerprint density at radius 1 is 1.29 bits per heavy atom. The topological polar surface area (TPSA) is 87.6 Å². The van der Waals surface area contributed by atoms with Gasteiger partial charge in [-0.3, -0.25) is 10.1 Å². The number of non-ortho nitro benzene ring substituents is 1. The van der Waals surface area contributed by atoms with Crippen molar-refractivity contribution in [2.24, 2.45) is 5.73 Å². The van der Waals surface area contributed by atoms with Crippen LogP contribution in [0.4, 0.5) is 5.69 Å². The van der Waals surface area contributed by atoms with Gasteiger partial charge in [-0.2, -0.15) is 0 Å². The summed E-state index contributed by atoms with van der Waals surface area (Å²) in [6, 6.07) is 4.15. The molecule has 1 fully saturated rings. The first-order chi connectivity index (χ1) is 9.55. The quantitative estimate of drug-likeness (QED) is 0.527. The van der Waals surface area contributed by atoms with Crippen molar-refractivity contribution in [1.29, 1.82) is 0 Å². The van der Waals surface area contributed by atoms with E-state index in [0.29, 0.717) is 10.6 Å². The van der Waals surface area contributed by atoms with E-state index < -0.39 is 29.2 Å². The van der Waals surface area contributed by atoms with Gasteiger partial charge in [0.25, 0.3) is 5.69 Å². The van der Waals surface area contributed by atoms with Crippen molar-refractivity contribution in [3.8, 4) is 0 Å². The molecule has 1 atom stereocenters. The minimum Gasteiger partial charge on any atom is -0.402 e. The van der Waals surface area contributed by atoms with E-state index in [9.17, 15) is 10.1 Å². The molecule has 0 spiro atoms. The van der Waals surface area contributed by atoms with Gasteiger partial charge in [0.1, 0.15) is 0 Å². The van der Waals surface area contributed by atoms with Gasteiger partial charge in [-0.05, 0) is 39.3 Å². The molecule has 0 amide bonds. The third-order valence-electron chi connectivity index (χ3n) is 4.11. The van der Waals surface area contributed by atoms with Crippen molar-refractivity contribution < 1.29 is 14.2 Å². The molecule has 6 nitrogen and oxygen atoms in total. The molecule has 0 bridgehead atoms. The lowest BCUT2D eigenvalue weighted by Crippen LogP contribution is -2.41. The van der Waals surface area contributed by atoms with Crippen LogP contribution in [0.15, 0.2) is 18.2 Å². The Morgan fingerprint density at radius 2 is 1.81 bits per heavy atom. The zero-order valence-corrected chi connectivity index (χ0v) is 13.2. The fraction of sp³-hybridized carbons (Fsp3) is 0.538. The molecule has 0 radical (unpaired) electrons. The molecule has 114 valence electrons. The Bertz CT molecular complexity index is 563. The number of hydrogen-bond donors (Lipinski definition) is 1. The van der Waals surface area contributed by atoms with E-state index in [1.54, 1.807) is 0 Å². The molecule has 21 heavy (non-hydrogen) atoms. The summed E-state index contributed by atoms with van der Waals surface area (Å²) in [5.41, 5.74) is 5.47. The maximum atomic E-state index is 10.9. The highest BCUT2D eigenvalue weighted by Gasteiger charge is 2.53. The zero-order chi connectivity index (χ0) is 16.0. The number of nitro groups is 1. The molecular weight excluding hydrogens is 294 g/mol. The second kappa shape index (κ2) is 5.24. The molecule has 2 rings (SSSR count). The van der Waals surface area contributed by atoms with Gasteiger partial charge < -0.3 is 15.0 Å². The molecular formula is C13H18BClN2O4. The monoisotopic (exact) mass is 312 g/mol. The molecule has 1 aliphatic rings. The second-order valence-electron chi connectivity index (χ2n) is 6.11. The van der Waals surface area contributed by atoms with Crippen LogP contribution in [0.2, 0.25) is 5.02 Å². The van der Waals surface area contributed by atoms with Gasteiger partial charge in [0.15, 0.2) is 0 Å². The van der Waals surface area contributed by atoms with Crippen LogP contribution < -0.4 is 5.73 Å². The SMILES string of the molecule is CC1(C)OB([C@H](N)c2cc([N+](=O)[O-])ccc2Cl)OC1(C)C. The molecule has 1 saturated heterocycles. The van der Waals surface area contributed by atoms with Crippen molar-refractivity contribution >= 4 is 24.4 Å². The van der Waals surface area contributed by atoms with E-state index in [1.807, 2.05) is 27.7 Å². The van der Waals surface area contributed by atoms with Crippen LogP contribution in [0.5, 0.6) is 0 Å². The van der Waals surface area contributed by atoms with Gasteiger partial charge >= 0.3 is 7.12 Å². The molecule has 1 heterocycles. The first kappa shape index (κ1) is 16.2. The predicted molar refractivity (Wildman–Crippen MR) is 81.1 cm³/mol. The van der Waals surface area contributed by atoms with Crippen molar-refractivity contribution in [2.75, 3.05) is 0 Å². The number of nitrogens with two attached hydrogens (primary N) is 1. The standard InChI is InChI=1S/C13H18BClN2O4/c1-12(2)13(3,4)21-14(20-12)11(16)9-7-8(17(18)19)5-6-10(9)15/h5-7,11H,16H2,1-4H3/t11-/m1/s1. The molecule has 0 aromatic heterocycles. The molecule has 1 aliphatic heterocycles. The summed E-state index contributed by atoms with van der Waals surface area (Å²) in [7, 11) is -0.713. The fourth-order valence-corrected chi connectivity index (χ4v) is 2.33. The third kappa shape index (κ3) is 2.92. The first-order valence-electron chi connectivity index (χ1n) is 6.60. The van der Waals surface area contributed by atoms with E-state index in [4.69, 9.17) is 26.6 Å². The van der Waals surface area contributed by atoms with Crippen LogP contribution in [0.3, 0.4) is 0 Å². The summed E-state index contributed by atoms with van der Waals surface area (Å²) in [5.74, 6) is -0.710. The van der Waals surface area contributed by atoms with Gasteiger partial charge in [0, 0.05) is 17.2 Å². The van der Waals surface area contributed by atoms with E-state index >= 15 is 0 Å². The minimum atomic E-state index is -0.713. The largest absolute Gasteiger partial charge is 0.480 e. The predicted octanol–water partition coefficient (Wildman–Crippen LogP) is 2.88. The maximum absolute atomic E-state index is 10.9. The Hall–Kier alpha value is -1.15. The van der Waals surface area contributed by atoms with Gasteiger partial charge in [-0.25, -0.2) is 0 Å². The van der Waals surface area contributed by atoms with Crippen molar-refractivity contribution in [3.05, 3.63) is 38.9 Å². The maximum Gasteiger partial charge on any atom is 0.480 e. The number of nitrogens with zero attached hydrogens (tertiary/aromatic N) is 1. The molecule has 1 aromatic rings.